The Kier molecular flexibility index (Phi) is 2.57. The number of benzene rings is 1. The minimum atomic E-state index is -0.579. The molecule has 0 N–H and O–H groups in total. The summed E-state index contributed by atoms with van der Waals surface area (Å²) in [6.45, 7) is 0. The van der Waals surface area contributed by atoms with Crippen molar-refractivity contribution in [3.63, 3.8) is 0 Å². The normalized spacial score (nSPS) is 9.33. The summed E-state index contributed by atoms with van der Waals surface area (Å²) in [5, 5.41) is 10.4. The molecule has 0 aliphatic carbocycles. The van der Waals surface area contributed by atoms with Gasteiger partial charge in [-0.1, -0.05) is 0 Å². The van der Waals surface area contributed by atoms with Gasteiger partial charge in [-0.15, -0.1) is 0 Å². The van der Waals surface area contributed by atoms with Gasteiger partial charge in [0.2, 0.25) is 0 Å². The third kappa shape index (κ3) is 1.69. The Labute approximate surface area is 76.5 Å². The van der Waals surface area contributed by atoms with Crippen LogP contribution in [0.15, 0.2) is 24.3 Å². The second kappa shape index (κ2) is 3.47. The summed E-state index contributed by atoms with van der Waals surface area (Å²) < 4.78 is -0.415. The van der Waals surface area contributed by atoms with E-state index in [1.54, 1.807) is 6.07 Å². The van der Waals surface area contributed by atoms with Crippen LogP contribution in [0.4, 0.5) is 5.69 Å². The van der Waals surface area contributed by atoms with Crippen molar-refractivity contribution in [3.05, 3.63) is 39.9 Å². The van der Waals surface area contributed by atoms with Crippen molar-refractivity contribution < 1.29 is 9.72 Å². The molecule has 0 amide bonds. The van der Waals surface area contributed by atoms with Gasteiger partial charge in [0.1, 0.15) is 0 Å². The maximum atomic E-state index is 10.8. The van der Waals surface area contributed by atoms with Crippen LogP contribution in [0.1, 0.15) is 10.4 Å². The predicted octanol–water partition coefficient (Wildman–Crippen LogP) is 0.903. The number of nitro benzene ring substituents is 1. The molecule has 0 unspecified atom stereocenters. The van der Waals surface area contributed by atoms with Gasteiger partial charge in [0.25, 0.3) is 0 Å². The summed E-state index contributed by atoms with van der Waals surface area (Å²) in [4.78, 5) is 20.6. The molecule has 1 rings (SSSR count). The molecular weight excluding hydrogens is 225 g/mol. The molecule has 0 aliphatic heterocycles. The molecule has 0 saturated carbocycles. The average Bonchev–Trinajstić information content (AvgIpc) is 2.04. The van der Waals surface area contributed by atoms with E-state index in [-0.39, 0.29) is 11.3 Å². The van der Waals surface area contributed by atoms with Crippen LogP contribution in [0.3, 0.4) is 0 Å². The predicted molar refractivity (Wildman–Crippen MR) is 43.2 cm³/mol. The Morgan fingerprint density at radius 1 is 1.42 bits per heavy atom. The zero-order valence-corrected chi connectivity index (χ0v) is 7.60. The number of hydrogen-bond donors (Lipinski definition) is 0. The SMILES string of the molecule is O=C([Se])c1ccccc1[N+](=O)[O-]. The molecule has 1 radical (unpaired) electrons. The number of carbonyl (C=O) groups is 1. The van der Waals surface area contributed by atoms with Gasteiger partial charge in [-0.05, 0) is 0 Å². The van der Waals surface area contributed by atoms with Gasteiger partial charge in [-0.3, -0.25) is 0 Å². The van der Waals surface area contributed by atoms with Crippen molar-refractivity contribution in [2.45, 2.75) is 0 Å². The molecule has 61 valence electrons. The first-order valence-electron chi connectivity index (χ1n) is 3.07. The van der Waals surface area contributed by atoms with Crippen molar-refractivity contribution in [2.24, 2.45) is 0 Å². The first kappa shape index (κ1) is 8.90. The van der Waals surface area contributed by atoms with Crippen LogP contribution < -0.4 is 0 Å². The third-order valence-electron chi connectivity index (χ3n) is 1.32. The van der Waals surface area contributed by atoms with E-state index < -0.39 is 9.60 Å². The van der Waals surface area contributed by atoms with Crippen LogP contribution in [0.25, 0.3) is 0 Å². The third-order valence-corrected chi connectivity index (χ3v) is 1.78. The Morgan fingerprint density at radius 2 is 2.00 bits per heavy atom. The maximum absolute atomic E-state index is 10.8. The summed E-state index contributed by atoms with van der Waals surface area (Å²) in [5.41, 5.74) is -0.0660. The van der Waals surface area contributed by atoms with Crippen LogP contribution in [0.5, 0.6) is 0 Å². The molecule has 0 fully saturated rings. The molecule has 4 nitrogen and oxygen atoms in total. The summed E-state index contributed by atoms with van der Waals surface area (Å²) in [6.07, 6.45) is 0. The van der Waals surface area contributed by atoms with E-state index in [0.717, 1.165) is 0 Å². The first-order chi connectivity index (χ1) is 5.63. The first-order valence-corrected chi connectivity index (χ1v) is 3.93. The minimum absolute atomic E-state index is 0.0995. The number of hydrogen-bond acceptors (Lipinski definition) is 3. The fourth-order valence-corrected chi connectivity index (χ4v) is 1.17. The molecule has 12 heavy (non-hydrogen) atoms. The van der Waals surface area contributed by atoms with Crippen molar-refractivity contribution >= 4 is 26.4 Å². The van der Waals surface area contributed by atoms with Crippen LogP contribution in [-0.4, -0.2) is 25.6 Å². The van der Waals surface area contributed by atoms with E-state index in [2.05, 4.69) is 16.0 Å². The van der Waals surface area contributed by atoms with Gasteiger partial charge in [0.05, 0.1) is 0 Å². The van der Waals surface area contributed by atoms with Crippen molar-refractivity contribution in [2.75, 3.05) is 0 Å². The zero-order valence-electron chi connectivity index (χ0n) is 5.89. The topological polar surface area (TPSA) is 60.2 Å². The van der Waals surface area contributed by atoms with Crippen LogP contribution >= 0.6 is 0 Å². The van der Waals surface area contributed by atoms with Gasteiger partial charge in [-0.2, -0.15) is 0 Å². The second-order valence-corrected chi connectivity index (χ2v) is 2.84. The molecule has 0 aromatic heterocycles. The van der Waals surface area contributed by atoms with Crippen LogP contribution in [0.2, 0.25) is 0 Å². The summed E-state index contributed by atoms with van der Waals surface area (Å²) in [5.74, 6) is 0. The molecule has 1 aromatic carbocycles. The van der Waals surface area contributed by atoms with E-state index >= 15 is 0 Å². The van der Waals surface area contributed by atoms with Gasteiger partial charge in [-0.25, -0.2) is 0 Å². The number of nitro groups is 1. The van der Waals surface area contributed by atoms with Crippen molar-refractivity contribution in [3.8, 4) is 0 Å². The summed E-state index contributed by atoms with van der Waals surface area (Å²) in [6, 6.07) is 5.81. The van der Waals surface area contributed by atoms with Crippen LogP contribution in [0, 0.1) is 10.1 Å². The van der Waals surface area contributed by atoms with Gasteiger partial charge in [0.15, 0.2) is 0 Å². The zero-order chi connectivity index (χ0) is 9.14. The van der Waals surface area contributed by atoms with Gasteiger partial charge >= 0.3 is 76.0 Å². The molecule has 0 heterocycles. The summed E-state index contributed by atoms with van der Waals surface area (Å²) >= 11 is 2.21. The fourth-order valence-electron chi connectivity index (χ4n) is 0.805. The molecule has 1 aromatic rings. The Morgan fingerprint density at radius 3 is 2.42 bits per heavy atom. The van der Waals surface area contributed by atoms with Crippen molar-refractivity contribution in [1.29, 1.82) is 0 Å². The summed E-state index contributed by atoms with van der Waals surface area (Å²) in [7, 11) is 0. The molecule has 0 atom stereocenters. The fraction of sp³-hybridized carbons (Fsp3) is 0. The van der Waals surface area contributed by atoms with Crippen molar-refractivity contribution in [1.82, 2.24) is 0 Å². The Hall–Kier alpha value is -1.19. The Balaban J connectivity index is 3.27. The number of carbonyl (C=O) groups excluding carboxylic acids is 1. The van der Waals surface area contributed by atoms with E-state index in [4.69, 9.17) is 0 Å². The molecule has 0 spiro atoms. The number of para-hydroxylation sites is 1. The standard InChI is InChI=1S/C7H4NO3Se/c9-7(12)5-3-1-2-4-6(5)8(10)11/h1-4H. The van der Waals surface area contributed by atoms with E-state index in [9.17, 15) is 14.9 Å². The Bertz CT molecular complexity index is 304. The molecule has 0 bridgehead atoms. The van der Waals surface area contributed by atoms with Gasteiger partial charge in [0, 0.05) is 0 Å². The van der Waals surface area contributed by atoms with Gasteiger partial charge < -0.3 is 0 Å². The number of rotatable bonds is 2. The number of nitrogens with zero attached hydrogens (tertiary/aromatic N) is 1. The average molecular weight is 229 g/mol. The van der Waals surface area contributed by atoms with E-state index in [0.29, 0.717) is 0 Å². The van der Waals surface area contributed by atoms with Crippen LogP contribution in [-0.2, 0) is 0 Å². The second-order valence-electron chi connectivity index (χ2n) is 2.06. The quantitative estimate of drug-likeness (QED) is 0.430. The van der Waals surface area contributed by atoms with E-state index in [1.807, 2.05) is 0 Å². The molecular formula is C7H4NO3Se. The molecule has 0 aliphatic rings. The molecule has 0 saturated heterocycles. The monoisotopic (exact) mass is 230 g/mol. The van der Waals surface area contributed by atoms with E-state index in [1.165, 1.54) is 18.2 Å². The molecule has 5 heteroatoms.